The predicted octanol–water partition coefficient (Wildman–Crippen LogP) is 2.18. The summed E-state index contributed by atoms with van der Waals surface area (Å²) >= 11 is 0. The third-order valence-electron chi connectivity index (χ3n) is 2.92. The molecule has 0 radical (unpaired) electrons. The minimum atomic E-state index is -1.82. The molecule has 0 fully saturated rings. The number of aliphatic carboxylic acids is 2. The zero-order chi connectivity index (χ0) is 16.3. The molecule has 0 aromatic heterocycles. The van der Waals surface area contributed by atoms with Gasteiger partial charge in [-0.2, -0.15) is 0 Å². The Kier molecular flexibility index (Phi) is 5.62. The Labute approximate surface area is 120 Å². The summed E-state index contributed by atoms with van der Waals surface area (Å²) in [7, 11) is 0. The Morgan fingerprint density at radius 1 is 1.00 bits per heavy atom. The summed E-state index contributed by atoms with van der Waals surface area (Å²) < 4.78 is 0. The van der Waals surface area contributed by atoms with Crippen LogP contribution in [0.15, 0.2) is 11.9 Å². The SMILES string of the molecule is CC1=CN(C(C)(C)C)CN1C(C)(C)C.O=C(O)C(=O)O. The van der Waals surface area contributed by atoms with Crippen molar-refractivity contribution in [1.82, 2.24) is 9.80 Å². The molecule has 1 aliphatic rings. The van der Waals surface area contributed by atoms with Crippen molar-refractivity contribution in [3.8, 4) is 0 Å². The maximum absolute atomic E-state index is 9.10. The molecular formula is C14H26N2O4. The van der Waals surface area contributed by atoms with Gasteiger partial charge in [0.05, 0.1) is 6.67 Å². The molecule has 0 atom stereocenters. The van der Waals surface area contributed by atoms with Crippen molar-refractivity contribution >= 4 is 11.9 Å². The van der Waals surface area contributed by atoms with E-state index in [0.29, 0.717) is 0 Å². The predicted molar refractivity (Wildman–Crippen MR) is 77.1 cm³/mol. The molecule has 0 aromatic carbocycles. The first kappa shape index (κ1) is 18.3. The van der Waals surface area contributed by atoms with Crippen molar-refractivity contribution < 1.29 is 19.8 Å². The van der Waals surface area contributed by atoms with E-state index in [2.05, 4.69) is 64.5 Å². The Bertz CT molecular complexity index is 390. The lowest BCUT2D eigenvalue weighted by Crippen LogP contribution is -2.45. The Hall–Kier alpha value is -1.72. The number of carboxylic acids is 2. The topological polar surface area (TPSA) is 81.1 Å². The molecule has 0 spiro atoms. The van der Waals surface area contributed by atoms with Crippen LogP contribution in [0.1, 0.15) is 48.5 Å². The van der Waals surface area contributed by atoms with Crippen molar-refractivity contribution in [3.05, 3.63) is 11.9 Å². The van der Waals surface area contributed by atoms with Crippen LogP contribution in [0.25, 0.3) is 0 Å². The standard InChI is InChI=1S/C12H24N2.C2H2O4/c1-10-8-13(11(2,3)4)9-14(10)12(5,6)7;3-1(4)2(5)6/h8H,9H2,1-7H3;(H,3,4)(H,5,6). The summed E-state index contributed by atoms with van der Waals surface area (Å²) in [5.41, 5.74) is 1.81. The van der Waals surface area contributed by atoms with Gasteiger partial charge in [0.1, 0.15) is 0 Å². The van der Waals surface area contributed by atoms with Crippen molar-refractivity contribution in [1.29, 1.82) is 0 Å². The fourth-order valence-corrected chi connectivity index (χ4v) is 1.75. The van der Waals surface area contributed by atoms with E-state index in [1.165, 1.54) is 5.70 Å². The molecule has 0 amide bonds. The van der Waals surface area contributed by atoms with Crippen LogP contribution >= 0.6 is 0 Å². The van der Waals surface area contributed by atoms with Gasteiger partial charge in [0, 0.05) is 23.0 Å². The van der Waals surface area contributed by atoms with Crippen molar-refractivity contribution in [2.24, 2.45) is 0 Å². The van der Waals surface area contributed by atoms with Crippen molar-refractivity contribution in [2.75, 3.05) is 6.67 Å². The molecule has 6 heteroatoms. The van der Waals surface area contributed by atoms with Crippen LogP contribution in [0.3, 0.4) is 0 Å². The van der Waals surface area contributed by atoms with E-state index in [1.807, 2.05) is 0 Å². The van der Waals surface area contributed by atoms with Gasteiger partial charge < -0.3 is 20.0 Å². The number of carboxylic acid groups (broad SMARTS) is 2. The zero-order valence-electron chi connectivity index (χ0n) is 13.4. The Morgan fingerprint density at radius 3 is 1.55 bits per heavy atom. The quantitative estimate of drug-likeness (QED) is 0.664. The number of allylic oxidation sites excluding steroid dienone is 1. The second-order valence-electron chi connectivity index (χ2n) is 6.76. The number of carbonyl (C=O) groups is 2. The molecule has 0 unspecified atom stereocenters. The molecule has 20 heavy (non-hydrogen) atoms. The molecule has 0 aliphatic carbocycles. The maximum atomic E-state index is 9.10. The minimum absolute atomic E-state index is 0.223. The van der Waals surface area contributed by atoms with Gasteiger partial charge in [-0.3, -0.25) is 0 Å². The van der Waals surface area contributed by atoms with E-state index in [-0.39, 0.29) is 11.1 Å². The largest absolute Gasteiger partial charge is 0.473 e. The average Bonchev–Trinajstić information content (AvgIpc) is 2.59. The number of nitrogens with zero attached hydrogens (tertiary/aromatic N) is 2. The molecule has 0 bridgehead atoms. The third kappa shape index (κ3) is 5.50. The van der Waals surface area contributed by atoms with Gasteiger partial charge in [-0.05, 0) is 48.5 Å². The lowest BCUT2D eigenvalue weighted by Gasteiger charge is -2.39. The van der Waals surface area contributed by atoms with E-state index >= 15 is 0 Å². The van der Waals surface area contributed by atoms with Crippen molar-refractivity contribution in [3.63, 3.8) is 0 Å². The van der Waals surface area contributed by atoms with Gasteiger partial charge in [0.25, 0.3) is 0 Å². The summed E-state index contributed by atoms with van der Waals surface area (Å²) in [6.45, 7) is 16.7. The van der Waals surface area contributed by atoms with Crippen LogP contribution in [-0.2, 0) is 9.59 Å². The van der Waals surface area contributed by atoms with Crippen LogP contribution in [0.4, 0.5) is 0 Å². The summed E-state index contributed by atoms with van der Waals surface area (Å²) in [4.78, 5) is 23.0. The zero-order valence-corrected chi connectivity index (χ0v) is 13.4. The lowest BCUT2D eigenvalue weighted by molar-refractivity contribution is -0.159. The van der Waals surface area contributed by atoms with Gasteiger partial charge in [-0.25, -0.2) is 9.59 Å². The van der Waals surface area contributed by atoms with Gasteiger partial charge in [0.2, 0.25) is 0 Å². The smallest absolute Gasteiger partial charge is 0.414 e. The van der Waals surface area contributed by atoms with Gasteiger partial charge in [-0.1, -0.05) is 0 Å². The number of rotatable bonds is 0. The highest BCUT2D eigenvalue weighted by molar-refractivity contribution is 6.27. The average molecular weight is 286 g/mol. The highest BCUT2D eigenvalue weighted by atomic mass is 16.4. The summed E-state index contributed by atoms with van der Waals surface area (Å²) in [5, 5.41) is 14.8. The van der Waals surface area contributed by atoms with Crippen molar-refractivity contribution in [2.45, 2.75) is 59.5 Å². The molecule has 1 rings (SSSR count). The van der Waals surface area contributed by atoms with Gasteiger partial charge in [-0.15, -0.1) is 0 Å². The van der Waals surface area contributed by atoms with Crippen LogP contribution in [0, 0.1) is 0 Å². The summed E-state index contributed by atoms with van der Waals surface area (Å²) in [6.07, 6.45) is 2.27. The Morgan fingerprint density at radius 2 is 1.40 bits per heavy atom. The van der Waals surface area contributed by atoms with E-state index in [1.54, 1.807) is 0 Å². The van der Waals surface area contributed by atoms with Crippen LogP contribution in [0.2, 0.25) is 0 Å². The fraction of sp³-hybridized carbons (Fsp3) is 0.714. The monoisotopic (exact) mass is 286 g/mol. The normalized spacial score (nSPS) is 15.4. The first-order valence-electron chi connectivity index (χ1n) is 6.46. The first-order chi connectivity index (χ1) is 8.76. The molecule has 0 saturated carbocycles. The number of hydrogen-bond acceptors (Lipinski definition) is 4. The second-order valence-corrected chi connectivity index (χ2v) is 6.76. The van der Waals surface area contributed by atoms with Crippen LogP contribution < -0.4 is 0 Å². The third-order valence-corrected chi connectivity index (χ3v) is 2.92. The summed E-state index contributed by atoms with van der Waals surface area (Å²) in [5.74, 6) is -3.65. The fourth-order valence-electron chi connectivity index (χ4n) is 1.75. The minimum Gasteiger partial charge on any atom is -0.473 e. The molecule has 0 saturated heterocycles. The molecule has 6 nitrogen and oxygen atoms in total. The molecule has 1 aliphatic heterocycles. The highest BCUT2D eigenvalue weighted by Gasteiger charge is 2.31. The maximum Gasteiger partial charge on any atom is 0.414 e. The number of hydrogen-bond donors (Lipinski definition) is 2. The molecule has 1 heterocycles. The summed E-state index contributed by atoms with van der Waals surface area (Å²) in [6, 6.07) is 0. The molecule has 0 aromatic rings. The van der Waals surface area contributed by atoms with E-state index in [0.717, 1.165) is 6.67 Å². The molecule has 2 N–H and O–H groups in total. The van der Waals surface area contributed by atoms with E-state index in [4.69, 9.17) is 19.8 Å². The highest BCUT2D eigenvalue weighted by Crippen LogP contribution is 2.29. The van der Waals surface area contributed by atoms with Gasteiger partial charge >= 0.3 is 11.9 Å². The van der Waals surface area contributed by atoms with Crippen LogP contribution in [-0.4, -0.2) is 49.7 Å². The lowest BCUT2D eigenvalue weighted by atomic mass is 10.1. The second kappa shape index (κ2) is 6.15. The van der Waals surface area contributed by atoms with E-state index < -0.39 is 11.9 Å². The van der Waals surface area contributed by atoms with Gasteiger partial charge in [0.15, 0.2) is 0 Å². The first-order valence-corrected chi connectivity index (χ1v) is 6.46. The van der Waals surface area contributed by atoms with E-state index in [9.17, 15) is 0 Å². The molecule has 116 valence electrons. The van der Waals surface area contributed by atoms with Crippen LogP contribution in [0.5, 0.6) is 0 Å². The molecular weight excluding hydrogens is 260 g/mol. The Balaban J connectivity index is 0.000000511.